The van der Waals surface area contributed by atoms with Crippen LogP contribution in [0.25, 0.3) is 16.2 Å². The van der Waals surface area contributed by atoms with Crippen LogP contribution in [0.2, 0.25) is 0 Å². The molecule has 130 valence electrons. The third-order valence-corrected chi connectivity index (χ3v) is 5.61. The lowest BCUT2D eigenvalue weighted by atomic mass is 10.1. The van der Waals surface area contributed by atoms with Gasteiger partial charge in [-0.05, 0) is 23.6 Å². The van der Waals surface area contributed by atoms with Crippen molar-refractivity contribution < 1.29 is 9.59 Å². The minimum Gasteiger partial charge on any atom is -0.326 e. The number of carbonyl (C=O) groups is 2. The molecule has 1 N–H and O–H groups in total. The van der Waals surface area contributed by atoms with Crippen molar-refractivity contribution in [2.24, 2.45) is 0 Å². The zero-order chi connectivity index (χ0) is 17.9. The monoisotopic (exact) mass is 381 g/mol. The summed E-state index contributed by atoms with van der Waals surface area (Å²) in [5, 5.41) is 6.69. The highest BCUT2D eigenvalue weighted by molar-refractivity contribution is 7.15. The zero-order valence-corrected chi connectivity index (χ0v) is 15.3. The molecule has 7 heteroatoms. The number of benzene rings is 1. The van der Waals surface area contributed by atoms with Gasteiger partial charge < -0.3 is 5.32 Å². The SMILES string of the molecule is O=C(CCC(=O)c1cccs1)Nc1ccc(-c2cn3ccsc3n2)cc1. The van der Waals surface area contributed by atoms with Gasteiger partial charge in [-0.1, -0.05) is 18.2 Å². The van der Waals surface area contributed by atoms with E-state index in [0.717, 1.165) is 16.2 Å². The Morgan fingerprint density at radius 3 is 2.62 bits per heavy atom. The van der Waals surface area contributed by atoms with Gasteiger partial charge in [0.1, 0.15) is 0 Å². The smallest absolute Gasteiger partial charge is 0.224 e. The number of carbonyl (C=O) groups excluding carboxylic acids is 2. The van der Waals surface area contributed by atoms with Crippen LogP contribution in [0, 0.1) is 0 Å². The number of anilines is 1. The Kier molecular flexibility index (Phi) is 4.64. The first-order chi connectivity index (χ1) is 12.7. The van der Waals surface area contributed by atoms with E-state index in [2.05, 4.69) is 10.3 Å². The lowest BCUT2D eigenvalue weighted by Crippen LogP contribution is -2.13. The van der Waals surface area contributed by atoms with Crippen molar-refractivity contribution in [2.45, 2.75) is 12.8 Å². The maximum Gasteiger partial charge on any atom is 0.224 e. The Labute approximate surface area is 157 Å². The van der Waals surface area contributed by atoms with Crippen LogP contribution in [0.5, 0.6) is 0 Å². The average molecular weight is 381 g/mol. The fraction of sp³-hybridized carbons (Fsp3) is 0.105. The number of nitrogens with one attached hydrogen (secondary N) is 1. The predicted molar refractivity (Wildman–Crippen MR) is 105 cm³/mol. The maximum atomic E-state index is 12.0. The molecule has 5 nitrogen and oxygen atoms in total. The van der Waals surface area contributed by atoms with Gasteiger partial charge >= 0.3 is 0 Å². The van der Waals surface area contributed by atoms with Crippen LogP contribution in [-0.4, -0.2) is 21.1 Å². The molecule has 4 rings (SSSR count). The second-order valence-electron chi connectivity index (χ2n) is 5.74. The number of hydrogen-bond donors (Lipinski definition) is 1. The van der Waals surface area contributed by atoms with E-state index in [-0.39, 0.29) is 24.5 Å². The summed E-state index contributed by atoms with van der Waals surface area (Å²) >= 11 is 2.99. The van der Waals surface area contributed by atoms with Crippen LogP contribution < -0.4 is 5.32 Å². The van der Waals surface area contributed by atoms with E-state index in [1.165, 1.54) is 11.3 Å². The number of thiophene rings is 1. The molecule has 1 aromatic carbocycles. The molecule has 0 aliphatic heterocycles. The molecular formula is C19H15N3O2S2. The first-order valence-electron chi connectivity index (χ1n) is 8.08. The standard InChI is InChI=1S/C19H15N3O2S2/c23-16(17-2-1-10-25-17)7-8-18(24)20-14-5-3-13(4-6-14)15-12-22-9-11-26-19(22)21-15/h1-6,9-12H,7-8H2,(H,20,24). The number of nitrogens with zero attached hydrogens (tertiary/aromatic N) is 2. The summed E-state index contributed by atoms with van der Waals surface area (Å²) in [6, 6.07) is 11.2. The zero-order valence-electron chi connectivity index (χ0n) is 13.7. The second kappa shape index (κ2) is 7.23. The van der Waals surface area contributed by atoms with Crippen molar-refractivity contribution in [3.63, 3.8) is 0 Å². The molecule has 0 saturated heterocycles. The number of thiazole rings is 1. The van der Waals surface area contributed by atoms with Gasteiger partial charge in [-0.15, -0.1) is 22.7 Å². The van der Waals surface area contributed by atoms with E-state index in [1.807, 2.05) is 57.9 Å². The average Bonchev–Trinajstić information content (AvgIpc) is 3.37. The van der Waals surface area contributed by atoms with E-state index in [4.69, 9.17) is 0 Å². The van der Waals surface area contributed by atoms with E-state index in [9.17, 15) is 9.59 Å². The van der Waals surface area contributed by atoms with Gasteiger partial charge in [-0.2, -0.15) is 0 Å². The molecular weight excluding hydrogens is 366 g/mol. The summed E-state index contributed by atoms with van der Waals surface area (Å²) in [6.07, 6.45) is 4.35. The van der Waals surface area contributed by atoms with Crippen LogP contribution in [0.4, 0.5) is 5.69 Å². The van der Waals surface area contributed by atoms with E-state index in [1.54, 1.807) is 17.4 Å². The number of Topliss-reactive ketones (excluding diaryl/α,β-unsaturated/α-hetero) is 1. The van der Waals surface area contributed by atoms with Crippen LogP contribution in [0.1, 0.15) is 22.5 Å². The Balaban J connectivity index is 1.35. The van der Waals surface area contributed by atoms with Crippen molar-refractivity contribution in [3.05, 3.63) is 64.4 Å². The van der Waals surface area contributed by atoms with Gasteiger partial charge in [-0.25, -0.2) is 4.98 Å². The van der Waals surface area contributed by atoms with Gasteiger partial charge in [0, 0.05) is 41.9 Å². The van der Waals surface area contributed by atoms with Crippen molar-refractivity contribution in [3.8, 4) is 11.3 Å². The molecule has 0 radical (unpaired) electrons. The molecule has 0 atom stereocenters. The maximum absolute atomic E-state index is 12.0. The first-order valence-corrected chi connectivity index (χ1v) is 9.84. The molecule has 0 aliphatic rings. The van der Waals surface area contributed by atoms with Gasteiger partial charge in [0.15, 0.2) is 10.7 Å². The molecule has 0 fully saturated rings. The highest BCUT2D eigenvalue weighted by atomic mass is 32.1. The molecule has 0 saturated carbocycles. The van der Waals surface area contributed by atoms with E-state index < -0.39 is 0 Å². The largest absolute Gasteiger partial charge is 0.326 e. The summed E-state index contributed by atoms with van der Waals surface area (Å²) in [7, 11) is 0. The fourth-order valence-corrected chi connectivity index (χ4v) is 4.00. The minimum atomic E-state index is -0.162. The number of hydrogen-bond acceptors (Lipinski definition) is 5. The molecule has 0 bridgehead atoms. The molecule has 0 unspecified atom stereocenters. The van der Waals surface area contributed by atoms with Crippen molar-refractivity contribution in [1.29, 1.82) is 0 Å². The van der Waals surface area contributed by atoms with Crippen LogP contribution >= 0.6 is 22.7 Å². The summed E-state index contributed by atoms with van der Waals surface area (Å²) in [6.45, 7) is 0. The van der Waals surface area contributed by atoms with Crippen molar-refractivity contribution in [2.75, 3.05) is 5.32 Å². The van der Waals surface area contributed by atoms with Crippen molar-refractivity contribution in [1.82, 2.24) is 9.38 Å². The lowest BCUT2D eigenvalue weighted by Gasteiger charge is -2.05. The number of imidazole rings is 1. The van der Waals surface area contributed by atoms with Crippen LogP contribution in [-0.2, 0) is 4.79 Å². The van der Waals surface area contributed by atoms with Gasteiger partial charge in [-0.3, -0.25) is 14.0 Å². The second-order valence-corrected chi connectivity index (χ2v) is 7.57. The van der Waals surface area contributed by atoms with E-state index >= 15 is 0 Å². The van der Waals surface area contributed by atoms with Crippen LogP contribution in [0.3, 0.4) is 0 Å². The third kappa shape index (κ3) is 3.58. The summed E-state index contributed by atoms with van der Waals surface area (Å²) in [4.78, 5) is 30.2. The van der Waals surface area contributed by atoms with Crippen molar-refractivity contribution >= 4 is 45.0 Å². The predicted octanol–water partition coefficient (Wildman–Crippen LogP) is 4.73. The minimum absolute atomic E-state index is 0.00486. The fourth-order valence-electron chi connectivity index (χ4n) is 2.60. The number of aromatic nitrogens is 2. The molecule has 3 heterocycles. The highest BCUT2D eigenvalue weighted by Crippen LogP contribution is 2.23. The molecule has 0 spiro atoms. The third-order valence-electron chi connectivity index (χ3n) is 3.93. The topological polar surface area (TPSA) is 63.5 Å². The molecule has 3 aromatic heterocycles. The van der Waals surface area contributed by atoms with Crippen LogP contribution in [0.15, 0.2) is 59.6 Å². The lowest BCUT2D eigenvalue weighted by molar-refractivity contribution is -0.116. The van der Waals surface area contributed by atoms with Gasteiger partial charge in [0.25, 0.3) is 0 Å². The highest BCUT2D eigenvalue weighted by Gasteiger charge is 2.11. The molecule has 4 aromatic rings. The summed E-state index contributed by atoms with van der Waals surface area (Å²) < 4.78 is 1.99. The Bertz CT molecular complexity index is 1020. The molecule has 26 heavy (non-hydrogen) atoms. The Hall–Kier alpha value is -2.77. The quantitative estimate of drug-likeness (QED) is 0.491. The summed E-state index contributed by atoms with van der Waals surface area (Å²) in [5.74, 6) is -0.157. The Morgan fingerprint density at radius 2 is 1.88 bits per heavy atom. The molecule has 0 aliphatic carbocycles. The number of rotatable bonds is 6. The van der Waals surface area contributed by atoms with Gasteiger partial charge in [0.05, 0.1) is 10.6 Å². The van der Waals surface area contributed by atoms with E-state index in [0.29, 0.717) is 10.6 Å². The Morgan fingerprint density at radius 1 is 1.04 bits per heavy atom. The first kappa shape index (κ1) is 16.7. The number of fused-ring (bicyclic) bond motifs is 1. The number of amides is 1. The normalized spacial score (nSPS) is 10.9. The summed E-state index contributed by atoms with van der Waals surface area (Å²) in [5.41, 5.74) is 2.60. The number of ketones is 1. The molecule has 1 amide bonds. The van der Waals surface area contributed by atoms with Gasteiger partial charge in [0.2, 0.25) is 5.91 Å².